The minimum Gasteiger partial charge on any atom is -0.296 e. The summed E-state index contributed by atoms with van der Waals surface area (Å²) in [6, 6.07) is 7.96. The van der Waals surface area contributed by atoms with Crippen LogP contribution in [0.3, 0.4) is 0 Å². The third-order valence-corrected chi connectivity index (χ3v) is 5.16. The van der Waals surface area contributed by atoms with E-state index in [4.69, 9.17) is 0 Å². The van der Waals surface area contributed by atoms with Gasteiger partial charge in [0, 0.05) is 6.42 Å². The summed E-state index contributed by atoms with van der Waals surface area (Å²) in [5.74, 6) is -1.41. The Balaban J connectivity index is 0.000000223. The summed E-state index contributed by atoms with van der Waals surface area (Å²) >= 11 is 0. The molecule has 3 rings (SSSR count). The van der Waals surface area contributed by atoms with Gasteiger partial charge in [-0.25, -0.2) is 4.79 Å². The van der Waals surface area contributed by atoms with Crippen molar-refractivity contribution in [3.63, 3.8) is 0 Å². The molecule has 144 valence electrons. The van der Waals surface area contributed by atoms with E-state index in [1.807, 2.05) is 13.8 Å². The topological polar surface area (TPSA) is 121 Å². The molecule has 0 saturated carbocycles. The van der Waals surface area contributed by atoms with E-state index in [9.17, 15) is 24.0 Å². The normalized spacial score (nSPS) is 23.7. The average Bonchev–Trinajstić information content (AvgIpc) is 2.89. The molecule has 0 aliphatic carbocycles. The van der Waals surface area contributed by atoms with Crippen LogP contribution in [0.15, 0.2) is 30.3 Å². The third kappa shape index (κ3) is 3.74. The molecule has 0 spiro atoms. The first kappa shape index (κ1) is 20.3. The van der Waals surface area contributed by atoms with Crippen molar-refractivity contribution in [2.24, 2.45) is 5.41 Å². The summed E-state index contributed by atoms with van der Waals surface area (Å²) in [6.07, 6.45) is 1.37. The zero-order valence-corrected chi connectivity index (χ0v) is 15.5. The number of hydrogen-bond donors (Lipinski definition) is 3. The molecule has 1 aromatic rings. The highest BCUT2D eigenvalue weighted by Crippen LogP contribution is 2.30. The van der Waals surface area contributed by atoms with Crippen LogP contribution in [-0.2, 0) is 24.6 Å². The highest BCUT2D eigenvalue weighted by Gasteiger charge is 2.50. The second-order valence-corrected chi connectivity index (χ2v) is 6.83. The molecule has 2 heterocycles. The maximum Gasteiger partial charge on any atom is 0.328 e. The summed E-state index contributed by atoms with van der Waals surface area (Å²) in [6.45, 7) is 5.47. The maximum atomic E-state index is 12.0. The lowest BCUT2D eigenvalue weighted by atomic mass is 9.75. The number of imide groups is 3. The number of amides is 6. The van der Waals surface area contributed by atoms with Gasteiger partial charge in [-0.3, -0.25) is 35.1 Å². The Morgan fingerprint density at radius 2 is 1.37 bits per heavy atom. The molecule has 0 aromatic heterocycles. The fraction of sp³-hybridized carbons (Fsp3) is 0.421. The van der Waals surface area contributed by atoms with Gasteiger partial charge in [-0.2, -0.15) is 0 Å². The summed E-state index contributed by atoms with van der Waals surface area (Å²) in [7, 11) is 0. The van der Waals surface area contributed by atoms with Crippen LogP contribution in [0.4, 0.5) is 4.79 Å². The SMILES string of the molecule is CCC1(C)CC(=O)NC1=O.CCC1(c2ccccc2)C(=O)NC(=O)NC1=O. The zero-order valence-electron chi connectivity index (χ0n) is 15.5. The second kappa shape index (κ2) is 7.69. The van der Waals surface area contributed by atoms with Crippen LogP contribution in [0.5, 0.6) is 0 Å². The van der Waals surface area contributed by atoms with E-state index in [-0.39, 0.29) is 11.8 Å². The number of rotatable bonds is 3. The molecule has 8 heteroatoms. The van der Waals surface area contributed by atoms with Crippen LogP contribution in [0, 0.1) is 5.41 Å². The minimum absolute atomic E-state index is 0.125. The molecule has 2 aliphatic heterocycles. The number of barbiturate groups is 1. The van der Waals surface area contributed by atoms with Gasteiger partial charge in [0.15, 0.2) is 5.41 Å². The average molecular weight is 373 g/mol. The van der Waals surface area contributed by atoms with Crippen molar-refractivity contribution < 1.29 is 24.0 Å². The number of nitrogens with one attached hydrogen (secondary N) is 3. The Morgan fingerprint density at radius 1 is 0.815 bits per heavy atom. The second-order valence-electron chi connectivity index (χ2n) is 6.83. The Morgan fingerprint density at radius 3 is 1.74 bits per heavy atom. The summed E-state index contributed by atoms with van der Waals surface area (Å²) in [4.78, 5) is 56.7. The first-order valence-corrected chi connectivity index (χ1v) is 8.76. The van der Waals surface area contributed by atoms with E-state index >= 15 is 0 Å². The number of hydrogen-bond acceptors (Lipinski definition) is 5. The molecule has 2 saturated heterocycles. The van der Waals surface area contributed by atoms with Crippen molar-refractivity contribution in [3.05, 3.63) is 35.9 Å². The van der Waals surface area contributed by atoms with Gasteiger partial charge < -0.3 is 0 Å². The van der Waals surface area contributed by atoms with Gasteiger partial charge in [0.05, 0.1) is 5.41 Å². The third-order valence-electron chi connectivity index (χ3n) is 5.16. The Hall–Kier alpha value is -3.03. The Labute approximate surface area is 157 Å². The number of carbonyl (C=O) groups excluding carboxylic acids is 5. The molecule has 1 unspecified atom stereocenters. The summed E-state index contributed by atoms with van der Waals surface area (Å²) in [5, 5.41) is 6.56. The highest BCUT2D eigenvalue weighted by atomic mass is 16.2. The quantitative estimate of drug-likeness (QED) is 0.542. The lowest BCUT2D eigenvalue weighted by molar-refractivity contribution is -0.138. The van der Waals surface area contributed by atoms with Crippen molar-refractivity contribution in [1.82, 2.24) is 16.0 Å². The molecule has 0 bridgehead atoms. The van der Waals surface area contributed by atoms with Gasteiger partial charge in [0.2, 0.25) is 23.6 Å². The molecule has 0 radical (unpaired) electrons. The van der Waals surface area contributed by atoms with Gasteiger partial charge in [-0.1, -0.05) is 51.1 Å². The monoisotopic (exact) mass is 373 g/mol. The van der Waals surface area contributed by atoms with Crippen molar-refractivity contribution >= 4 is 29.7 Å². The lowest BCUT2D eigenvalue weighted by Crippen LogP contribution is -2.64. The van der Waals surface area contributed by atoms with E-state index in [1.165, 1.54) is 0 Å². The van der Waals surface area contributed by atoms with Gasteiger partial charge in [0.1, 0.15) is 0 Å². The maximum absolute atomic E-state index is 12.0. The predicted molar refractivity (Wildman–Crippen MR) is 96.3 cm³/mol. The minimum atomic E-state index is -1.31. The molecular weight excluding hydrogens is 350 g/mol. The van der Waals surface area contributed by atoms with Crippen molar-refractivity contribution in [3.8, 4) is 0 Å². The fourth-order valence-corrected chi connectivity index (χ4v) is 3.11. The van der Waals surface area contributed by atoms with Crippen LogP contribution in [-0.4, -0.2) is 29.7 Å². The number of benzene rings is 1. The van der Waals surface area contributed by atoms with Crippen LogP contribution in [0.2, 0.25) is 0 Å². The number of carbonyl (C=O) groups is 5. The van der Waals surface area contributed by atoms with Crippen molar-refractivity contribution in [2.75, 3.05) is 0 Å². The highest BCUT2D eigenvalue weighted by molar-refractivity contribution is 6.22. The van der Waals surface area contributed by atoms with Gasteiger partial charge in [0.25, 0.3) is 0 Å². The van der Waals surface area contributed by atoms with Gasteiger partial charge in [-0.15, -0.1) is 0 Å². The van der Waals surface area contributed by atoms with Gasteiger partial charge >= 0.3 is 6.03 Å². The molecule has 8 nitrogen and oxygen atoms in total. The van der Waals surface area contributed by atoms with E-state index in [0.717, 1.165) is 6.42 Å². The van der Waals surface area contributed by atoms with E-state index < -0.39 is 28.7 Å². The van der Waals surface area contributed by atoms with Crippen molar-refractivity contribution in [1.29, 1.82) is 0 Å². The van der Waals surface area contributed by atoms with E-state index in [2.05, 4.69) is 16.0 Å². The van der Waals surface area contributed by atoms with Gasteiger partial charge in [-0.05, 0) is 18.4 Å². The van der Waals surface area contributed by atoms with Crippen LogP contribution in [0.25, 0.3) is 0 Å². The standard InChI is InChI=1S/C12H12N2O3.C7H11NO2/c1-2-12(8-6-4-3-5-7-8)9(15)13-11(17)14-10(12)16;1-3-7(2)4-5(9)8-6(7)10/h3-7H,2H2,1H3,(H2,13,14,15,16,17);3-4H2,1-2H3,(H,8,9,10). The molecule has 1 aromatic carbocycles. The molecule has 2 fully saturated rings. The fourth-order valence-electron chi connectivity index (χ4n) is 3.11. The van der Waals surface area contributed by atoms with E-state index in [0.29, 0.717) is 18.4 Å². The molecule has 2 aliphatic rings. The summed E-state index contributed by atoms with van der Waals surface area (Å²) < 4.78 is 0. The number of urea groups is 1. The zero-order chi connectivity index (χ0) is 20.2. The van der Waals surface area contributed by atoms with Crippen LogP contribution >= 0.6 is 0 Å². The van der Waals surface area contributed by atoms with E-state index in [1.54, 1.807) is 37.3 Å². The van der Waals surface area contributed by atoms with Crippen LogP contribution < -0.4 is 16.0 Å². The summed E-state index contributed by atoms with van der Waals surface area (Å²) in [5.41, 5.74) is -1.16. The molecule has 1 atom stereocenters. The molecule has 27 heavy (non-hydrogen) atoms. The lowest BCUT2D eigenvalue weighted by Gasteiger charge is -2.33. The largest absolute Gasteiger partial charge is 0.328 e. The predicted octanol–water partition coefficient (Wildman–Crippen LogP) is 1.15. The Kier molecular flexibility index (Phi) is 5.78. The molecular formula is C19H23N3O5. The first-order valence-electron chi connectivity index (χ1n) is 8.76. The van der Waals surface area contributed by atoms with Crippen LogP contribution in [0.1, 0.15) is 45.6 Å². The first-order chi connectivity index (χ1) is 12.7. The smallest absolute Gasteiger partial charge is 0.296 e. The Bertz CT molecular complexity index is 770. The molecule has 6 amide bonds. The van der Waals surface area contributed by atoms with Crippen molar-refractivity contribution in [2.45, 2.75) is 45.4 Å². The molecule has 3 N–H and O–H groups in total.